The smallest absolute Gasteiger partial charge is 0.273 e. The molecule has 1 aromatic heterocycles. The third-order valence-corrected chi connectivity index (χ3v) is 3.92. The van der Waals surface area contributed by atoms with Crippen molar-refractivity contribution < 1.29 is 4.79 Å². The van der Waals surface area contributed by atoms with Crippen LogP contribution in [0.25, 0.3) is 0 Å². The second-order valence-electron chi connectivity index (χ2n) is 4.06. The quantitative estimate of drug-likeness (QED) is 0.907. The van der Waals surface area contributed by atoms with Crippen LogP contribution in [-0.2, 0) is 6.54 Å². The molecule has 0 spiro atoms. The molecule has 0 radical (unpaired) electrons. The predicted octanol–water partition coefficient (Wildman–Crippen LogP) is 1.22. The lowest BCUT2D eigenvalue weighted by Gasteiger charge is -2.33. The Hall–Kier alpha value is -0.400. The first-order valence-electron chi connectivity index (χ1n) is 5.90. The number of nitrogens with zero attached hydrogens (tertiary/aromatic N) is 3. The summed E-state index contributed by atoms with van der Waals surface area (Å²) in [6.07, 6.45) is 0. The maximum absolute atomic E-state index is 12.1. The summed E-state index contributed by atoms with van der Waals surface area (Å²) >= 11 is 1.45. The number of halogens is 2. The van der Waals surface area contributed by atoms with Crippen molar-refractivity contribution >= 4 is 42.1 Å². The van der Waals surface area contributed by atoms with Crippen LogP contribution in [0.4, 0.5) is 0 Å². The van der Waals surface area contributed by atoms with Gasteiger partial charge in [-0.05, 0) is 6.54 Å². The summed E-state index contributed by atoms with van der Waals surface area (Å²) in [6.45, 7) is 7.10. The number of aromatic nitrogens is 1. The number of hydrogen-bond acceptors (Lipinski definition) is 5. The maximum Gasteiger partial charge on any atom is 0.273 e. The molecule has 1 amide bonds. The number of likely N-dealkylation sites (N-methyl/N-ethyl adjacent to an activating group) is 1. The minimum Gasteiger partial charge on any atom is -0.335 e. The van der Waals surface area contributed by atoms with Crippen molar-refractivity contribution in [2.45, 2.75) is 13.5 Å². The normalized spacial score (nSPS) is 15.6. The van der Waals surface area contributed by atoms with Crippen molar-refractivity contribution in [3.63, 3.8) is 0 Å². The van der Waals surface area contributed by atoms with Crippen LogP contribution in [0.3, 0.4) is 0 Å². The molecule has 19 heavy (non-hydrogen) atoms. The Morgan fingerprint density at radius 1 is 1.37 bits per heavy atom. The van der Waals surface area contributed by atoms with Crippen LogP contribution in [-0.4, -0.2) is 53.4 Å². The Morgan fingerprint density at radius 3 is 2.47 bits per heavy atom. The molecule has 2 N–H and O–H groups in total. The molecule has 0 atom stereocenters. The summed E-state index contributed by atoms with van der Waals surface area (Å²) in [5.74, 6) is 0.0386. The van der Waals surface area contributed by atoms with Gasteiger partial charge in [0.1, 0.15) is 10.7 Å². The average molecular weight is 327 g/mol. The van der Waals surface area contributed by atoms with Gasteiger partial charge >= 0.3 is 0 Å². The van der Waals surface area contributed by atoms with Gasteiger partial charge in [-0.2, -0.15) is 0 Å². The van der Waals surface area contributed by atoms with Crippen molar-refractivity contribution in [2.75, 3.05) is 32.7 Å². The zero-order valence-corrected chi connectivity index (χ0v) is 13.3. The highest BCUT2D eigenvalue weighted by Crippen LogP contribution is 2.12. The minimum absolute atomic E-state index is 0. The summed E-state index contributed by atoms with van der Waals surface area (Å²) < 4.78 is 0. The largest absolute Gasteiger partial charge is 0.335 e. The van der Waals surface area contributed by atoms with Gasteiger partial charge in [0.2, 0.25) is 0 Å². The molecular weight excluding hydrogens is 307 g/mol. The number of piperazine rings is 1. The van der Waals surface area contributed by atoms with E-state index in [2.05, 4.69) is 16.8 Å². The fourth-order valence-corrected chi connectivity index (χ4v) is 2.58. The third kappa shape index (κ3) is 4.57. The Labute approximate surface area is 130 Å². The van der Waals surface area contributed by atoms with Crippen molar-refractivity contribution in [2.24, 2.45) is 5.73 Å². The predicted molar refractivity (Wildman–Crippen MR) is 82.5 cm³/mol. The fourth-order valence-electron chi connectivity index (χ4n) is 1.93. The number of thiazole rings is 1. The lowest BCUT2D eigenvalue weighted by atomic mass is 10.3. The number of carbonyl (C=O) groups is 1. The summed E-state index contributed by atoms with van der Waals surface area (Å²) in [5, 5.41) is 2.62. The molecule has 0 aliphatic carbocycles. The Bertz CT molecular complexity index is 394. The van der Waals surface area contributed by atoms with Gasteiger partial charge in [-0.15, -0.1) is 36.2 Å². The monoisotopic (exact) mass is 326 g/mol. The van der Waals surface area contributed by atoms with E-state index >= 15 is 0 Å². The van der Waals surface area contributed by atoms with E-state index in [1.807, 2.05) is 4.90 Å². The van der Waals surface area contributed by atoms with Crippen molar-refractivity contribution in [3.05, 3.63) is 16.1 Å². The molecule has 0 saturated carbocycles. The van der Waals surface area contributed by atoms with Gasteiger partial charge in [0.15, 0.2) is 0 Å². The molecule has 8 heteroatoms. The van der Waals surface area contributed by atoms with E-state index in [4.69, 9.17) is 5.73 Å². The minimum atomic E-state index is 0. The number of nitrogens with two attached hydrogens (primary N) is 1. The van der Waals surface area contributed by atoms with E-state index in [0.717, 1.165) is 37.7 Å². The van der Waals surface area contributed by atoms with Crippen molar-refractivity contribution in [1.29, 1.82) is 0 Å². The van der Waals surface area contributed by atoms with Crippen LogP contribution in [0.1, 0.15) is 22.4 Å². The van der Waals surface area contributed by atoms with Crippen molar-refractivity contribution in [1.82, 2.24) is 14.8 Å². The molecule has 1 fully saturated rings. The zero-order valence-electron chi connectivity index (χ0n) is 10.9. The highest BCUT2D eigenvalue weighted by molar-refractivity contribution is 7.09. The molecule has 0 aromatic carbocycles. The molecule has 0 unspecified atom stereocenters. The highest BCUT2D eigenvalue weighted by atomic mass is 35.5. The van der Waals surface area contributed by atoms with E-state index in [0.29, 0.717) is 12.2 Å². The molecule has 110 valence electrons. The van der Waals surface area contributed by atoms with Gasteiger partial charge < -0.3 is 15.5 Å². The average Bonchev–Trinajstić information content (AvgIpc) is 2.87. The number of amides is 1. The van der Waals surface area contributed by atoms with Gasteiger partial charge in [0.05, 0.1) is 0 Å². The first kappa shape index (κ1) is 18.6. The Morgan fingerprint density at radius 2 is 2.00 bits per heavy atom. The lowest BCUT2D eigenvalue weighted by Crippen LogP contribution is -2.48. The van der Waals surface area contributed by atoms with Gasteiger partial charge in [0.25, 0.3) is 5.91 Å². The van der Waals surface area contributed by atoms with Crippen LogP contribution in [0, 0.1) is 0 Å². The summed E-state index contributed by atoms with van der Waals surface area (Å²) in [4.78, 5) is 20.6. The number of carbonyl (C=O) groups excluding carboxylic acids is 1. The molecule has 1 aliphatic heterocycles. The second-order valence-corrected chi connectivity index (χ2v) is 5.00. The van der Waals surface area contributed by atoms with Crippen LogP contribution < -0.4 is 5.73 Å². The van der Waals surface area contributed by atoms with Crippen LogP contribution in [0.15, 0.2) is 5.38 Å². The lowest BCUT2D eigenvalue weighted by molar-refractivity contribution is 0.0638. The van der Waals surface area contributed by atoms with E-state index < -0.39 is 0 Å². The Balaban J connectivity index is 0.00000162. The van der Waals surface area contributed by atoms with Crippen molar-refractivity contribution in [3.8, 4) is 0 Å². The second kappa shape index (κ2) is 8.71. The standard InChI is InChI=1S/C11H18N4OS.2ClH/c1-2-14-3-5-15(6-4-14)11(16)9-8-17-10(7-12)13-9;;/h8H,2-7,12H2,1H3;2*1H. The van der Waals surface area contributed by atoms with E-state index in [-0.39, 0.29) is 30.7 Å². The molecular formula is C11H20Cl2N4OS. The van der Waals surface area contributed by atoms with Gasteiger partial charge in [-0.1, -0.05) is 6.92 Å². The summed E-state index contributed by atoms with van der Waals surface area (Å²) in [5.41, 5.74) is 6.04. The zero-order chi connectivity index (χ0) is 12.3. The van der Waals surface area contributed by atoms with E-state index in [1.165, 1.54) is 11.3 Å². The van der Waals surface area contributed by atoms with Crippen LogP contribution >= 0.6 is 36.2 Å². The number of rotatable bonds is 3. The molecule has 5 nitrogen and oxygen atoms in total. The van der Waals surface area contributed by atoms with Gasteiger partial charge in [-0.3, -0.25) is 4.79 Å². The van der Waals surface area contributed by atoms with Gasteiger partial charge in [0, 0.05) is 38.1 Å². The topological polar surface area (TPSA) is 62.5 Å². The first-order valence-corrected chi connectivity index (χ1v) is 6.78. The van der Waals surface area contributed by atoms with Crippen LogP contribution in [0.2, 0.25) is 0 Å². The third-order valence-electron chi connectivity index (χ3n) is 3.05. The fraction of sp³-hybridized carbons (Fsp3) is 0.636. The number of hydrogen-bond donors (Lipinski definition) is 1. The Kier molecular flexibility index (Phi) is 8.52. The van der Waals surface area contributed by atoms with E-state index in [9.17, 15) is 4.79 Å². The molecule has 1 aromatic rings. The molecule has 1 saturated heterocycles. The highest BCUT2D eigenvalue weighted by Gasteiger charge is 2.22. The van der Waals surface area contributed by atoms with Crippen LogP contribution in [0.5, 0.6) is 0 Å². The summed E-state index contributed by atoms with van der Waals surface area (Å²) in [7, 11) is 0. The SMILES string of the molecule is CCN1CCN(C(=O)c2csc(CN)n2)CC1.Cl.Cl. The molecule has 2 heterocycles. The maximum atomic E-state index is 12.1. The van der Waals surface area contributed by atoms with Gasteiger partial charge in [-0.25, -0.2) is 4.98 Å². The molecule has 1 aliphatic rings. The molecule has 2 rings (SSSR count). The molecule has 0 bridgehead atoms. The van der Waals surface area contributed by atoms with E-state index in [1.54, 1.807) is 5.38 Å². The first-order chi connectivity index (χ1) is 8.24. The summed E-state index contributed by atoms with van der Waals surface area (Å²) in [6, 6.07) is 0.